The van der Waals surface area contributed by atoms with Gasteiger partial charge in [-0.3, -0.25) is 14.2 Å². The van der Waals surface area contributed by atoms with Crippen LogP contribution in [0.3, 0.4) is 0 Å². The summed E-state index contributed by atoms with van der Waals surface area (Å²) in [5.74, 6) is 0.192. The number of carbonyl (C=O) groups excluding carboxylic acids is 1. The van der Waals surface area contributed by atoms with Crippen LogP contribution in [-0.4, -0.2) is 38.6 Å². The monoisotopic (exact) mass is 400 g/mol. The fourth-order valence-electron chi connectivity index (χ4n) is 3.68. The number of hydrogen-bond donors (Lipinski definition) is 2. The van der Waals surface area contributed by atoms with Crippen molar-refractivity contribution in [3.05, 3.63) is 71.8 Å². The van der Waals surface area contributed by atoms with Crippen LogP contribution in [-0.2, 0) is 24.9 Å². The largest absolute Gasteiger partial charge is 0.352 e. The molecule has 1 fully saturated rings. The van der Waals surface area contributed by atoms with E-state index in [-0.39, 0.29) is 30.2 Å². The van der Waals surface area contributed by atoms with Crippen molar-refractivity contribution in [3.8, 4) is 0 Å². The molecular formula is C20H25ClN6O. The van der Waals surface area contributed by atoms with Crippen LogP contribution in [0.25, 0.3) is 0 Å². The fourth-order valence-corrected chi connectivity index (χ4v) is 3.68. The van der Waals surface area contributed by atoms with Gasteiger partial charge in [-0.05, 0) is 22.8 Å². The van der Waals surface area contributed by atoms with Crippen molar-refractivity contribution >= 4 is 18.3 Å². The maximum atomic E-state index is 12.8. The first kappa shape index (κ1) is 20.1. The molecule has 4 rings (SSSR count). The van der Waals surface area contributed by atoms with Gasteiger partial charge in [-0.15, -0.1) is 12.4 Å². The minimum Gasteiger partial charge on any atom is -0.352 e. The predicted molar refractivity (Wildman–Crippen MR) is 109 cm³/mol. The second-order valence-corrected chi connectivity index (χ2v) is 7.06. The summed E-state index contributed by atoms with van der Waals surface area (Å²) >= 11 is 0. The molecule has 0 bridgehead atoms. The summed E-state index contributed by atoms with van der Waals surface area (Å²) in [5, 5.41) is 14.9. The molecule has 0 radical (unpaired) electrons. The van der Waals surface area contributed by atoms with Crippen molar-refractivity contribution in [3.63, 3.8) is 0 Å². The van der Waals surface area contributed by atoms with Crippen molar-refractivity contribution in [1.82, 2.24) is 30.2 Å². The van der Waals surface area contributed by atoms with Gasteiger partial charge in [0.2, 0.25) is 5.91 Å². The topological polar surface area (TPSA) is 76.8 Å². The highest BCUT2D eigenvalue weighted by Crippen LogP contribution is 2.27. The number of hydrogen-bond acceptors (Lipinski definition) is 4. The minimum atomic E-state index is -0.0681. The van der Waals surface area contributed by atoms with E-state index in [9.17, 15) is 4.79 Å². The third kappa shape index (κ3) is 4.61. The lowest BCUT2D eigenvalue weighted by Crippen LogP contribution is -2.34. The molecule has 2 atom stereocenters. The van der Waals surface area contributed by atoms with E-state index >= 15 is 0 Å². The number of carbonyl (C=O) groups is 1. The Balaban J connectivity index is 0.00000225. The van der Waals surface area contributed by atoms with E-state index in [1.165, 1.54) is 5.56 Å². The van der Waals surface area contributed by atoms with Crippen LogP contribution in [0.15, 0.2) is 55.1 Å². The van der Waals surface area contributed by atoms with Gasteiger partial charge in [0, 0.05) is 51.2 Å². The number of halogens is 1. The van der Waals surface area contributed by atoms with Crippen molar-refractivity contribution in [1.29, 1.82) is 0 Å². The lowest BCUT2D eigenvalue weighted by molar-refractivity contribution is -0.125. The SMILES string of the molecule is Cl.Cn1cc([C@H]2CNC[C@@H]2C(=O)NCc2cccc(Cn3cccn3)c2)cn1. The second kappa shape index (κ2) is 9.03. The van der Waals surface area contributed by atoms with Gasteiger partial charge in [0.25, 0.3) is 0 Å². The van der Waals surface area contributed by atoms with Crippen molar-refractivity contribution < 1.29 is 4.79 Å². The fraction of sp³-hybridized carbons (Fsp3) is 0.350. The van der Waals surface area contributed by atoms with Gasteiger partial charge < -0.3 is 10.6 Å². The van der Waals surface area contributed by atoms with Gasteiger partial charge >= 0.3 is 0 Å². The standard InChI is InChI=1S/C20H24N6O.ClH/c1-25-14-17(10-24-25)18-11-21-12-19(18)20(27)22-9-15-4-2-5-16(8-15)13-26-7-3-6-23-26;/h2-8,10,14,18-19,21H,9,11-13H2,1H3,(H,22,27);1H/t18-,19+;/m1./s1. The first-order valence-corrected chi connectivity index (χ1v) is 9.21. The minimum absolute atomic E-state index is 0. The summed E-state index contributed by atoms with van der Waals surface area (Å²) in [5.41, 5.74) is 3.38. The number of amides is 1. The van der Waals surface area contributed by atoms with E-state index in [1.54, 1.807) is 10.9 Å². The molecule has 1 aromatic carbocycles. The smallest absolute Gasteiger partial charge is 0.225 e. The van der Waals surface area contributed by atoms with E-state index in [0.717, 1.165) is 24.2 Å². The molecule has 2 N–H and O–H groups in total. The van der Waals surface area contributed by atoms with Crippen LogP contribution in [0, 0.1) is 5.92 Å². The highest BCUT2D eigenvalue weighted by molar-refractivity contribution is 5.85. The van der Waals surface area contributed by atoms with E-state index in [4.69, 9.17) is 0 Å². The van der Waals surface area contributed by atoms with Gasteiger partial charge in [-0.1, -0.05) is 24.3 Å². The van der Waals surface area contributed by atoms with Gasteiger partial charge in [-0.25, -0.2) is 0 Å². The van der Waals surface area contributed by atoms with Crippen molar-refractivity contribution in [2.75, 3.05) is 13.1 Å². The number of benzene rings is 1. The molecule has 1 aliphatic rings. The number of nitrogens with zero attached hydrogens (tertiary/aromatic N) is 4. The molecule has 0 unspecified atom stereocenters. The van der Waals surface area contributed by atoms with E-state index in [0.29, 0.717) is 13.1 Å². The molecular weight excluding hydrogens is 376 g/mol. The molecule has 148 valence electrons. The highest BCUT2D eigenvalue weighted by atomic mass is 35.5. The van der Waals surface area contributed by atoms with Crippen molar-refractivity contribution in [2.45, 2.75) is 19.0 Å². The van der Waals surface area contributed by atoms with Crippen LogP contribution in [0.5, 0.6) is 0 Å². The summed E-state index contributed by atoms with van der Waals surface area (Å²) in [4.78, 5) is 12.8. The molecule has 1 saturated heterocycles. The Morgan fingerprint density at radius 1 is 1.25 bits per heavy atom. The zero-order valence-electron chi connectivity index (χ0n) is 15.8. The zero-order valence-corrected chi connectivity index (χ0v) is 16.6. The highest BCUT2D eigenvalue weighted by Gasteiger charge is 2.34. The third-order valence-corrected chi connectivity index (χ3v) is 5.07. The van der Waals surface area contributed by atoms with Crippen LogP contribution >= 0.6 is 12.4 Å². The van der Waals surface area contributed by atoms with Gasteiger partial charge in [0.1, 0.15) is 0 Å². The lowest BCUT2D eigenvalue weighted by atomic mass is 9.90. The number of nitrogens with one attached hydrogen (secondary N) is 2. The van der Waals surface area contributed by atoms with E-state index in [1.807, 2.05) is 48.5 Å². The Bertz CT molecular complexity index is 907. The van der Waals surface area contributed by atoms with Crippen LogP contribution in [0.1, 0.15) is 22.6 Å². The first-order chi connectivity index (χ1) is 13.2. The Labute approximate surface area is 170 Å². The molecule has 0 spiro atoms. The summed E-state index contributed by atoms with van der Waals surface area (Å²) in [6.07, 6.45) is 7.58. The number of aromatic nitrogens is 4. The van der Waals surface area contributed by atoms with E-state index in [2.05, 4.69) is 33.0 Å². The molecule has 7 nitrogen and oxygen atoms in total. The Morgan fingerprint density at radius 2 is 2.11 bits per heavy atom. The Kier molecular flexibility index (Phi) is 6.49. The third-order valence-electron chi connectivity index (χ3n) is 5.07. The maximum absolute atomic E-state index is 12.8. The van der Waals surface area contributed by atoms with E-state index < -0.39 is 0 Å². The van der Waals surface area contributed by atoms with Gasteiger partial charge in [0.15, 0.2) is 0 Å². The molecule has 3 heterocycles. The lowest BCUT2D eigenvalue weighted by Gasteiger charge is -2.17. The molecule has 0 aliphatic carbocycles. The zero-order chi connectivity index (χ0) is 18.6. The van der Waals surface area contributed by atoms with Gasteiger partial charge in [-0.2, -0.15) is 10.2 Å². The Hall–Kier alpha value is -2.64. The van der Waals surface area contributed by atoms with Gasteiger partial charge in [0.05, 0.1) is 18.7 Å². The average molecular weight is 401 g/mol. The van der Waals surface area contributed by atoms with Crippen LogP contribution in [0.2, 0.25) is 0 Å². The molecule has 1 aliphatic heterocycles. The summed E-state index contributed by atoms with van der Waals surface area (Å²) < 4.78 is 3.67. The average Bonchev–Trinajstić information content (AvgIpc) is 3.41. The molecule has 2 aromatic heterocycles. The number of rotatable bonds is 6. The predicted octanol–water partition coefficient (Wildman–Crippen LogP) is 1.71. The molecule has 0 saturated carbocycles. The number of aryl methyl sites for hydroxylation is 1. The normalized spacial score (nSPS) is 18.6. The van der Waals surface area contributed by atoms with Crippen LogP contribution in [0.4, 0.5) is 0 Å². The summed E-state index contributed by atoms with van der Waals surface area (Å²) in [6.45, 7) is 2.76. The van der Waals surface area contributed by atoms with Crippen LogP contribution < -0.4 is 10.6 Å². The molecule has 28 heavy (non-hydrogen) atoms. The second-order valence-electron chi connectivity index (χ2n) is 7.06. The Morgan fingerprint density at radius 3 is 2.86 bits per heavy atom. The maximum Gasteiger partial charge on any atom is 0.225 e. The van der Waals surface area contributed by atoms with Crippen molar-refractivity contribution in [2.24, 2.45) is 13.0 Å². The first-order valence-electron chi connectivity index (χ1n) is 9.21. The molecule has 8 heteroatoms. The molecule has 3 aromatic rings. The quantitative estimate of drug-likeness (QED) is 0.660. The summed E-state index contributed by atoms with van der Waals surface area (Å²) in [7, 11) is 1.90. The summed E-state index contributed by atoms with van der Waals surface area (Å²) in [6, 6.07) is 10.2. The molecule has 1 amide bonds.